The molecule has 1 N–H and O–H groups in total. The maximum atomic E-state index is 13.1. The van der Waals surface area contributed by atoms with Crippen molar-refractivity contribution in [1.29, 1.82) is 0 Å². The zero-order chi connectivity index (χ0) is 29.7. The van der Waals surface area contributed by atoms with Gasteiger partial charge in [0.2, 0.25) is 5.88 Å². The largest absolute Gasteiger partial charge is 0.473 e. The number of carbonyl (C=O) groups excluding carboxylic acids is 1. The van der Waals surface area contributed by atoms with Gasteiger partial charge in [-0.15, -0.1) is 6.42 Å². The molecule has 0 spiro atoms. The van der Waals surface area contributed by atoms with Gasteiger partial charge in [-0.2, -0.15) is 13.2 Å². The van der Waals surface area contributed by atoms with Crippen LogP contribution in [0.4, 0.5) is 24.5 Å². The monoisotopic (exact) mass is 579 g/mol. The molecule has 0 atom stereocenters. The lowest BCUT2D eigenvalue weighted by molar-refractivity contribution is -0.137. The first-order valence-corrected chi connectivity index (χ1v) is 13.8. The number of terminal acetylenes is 1. The summed E-state index contributed by atoms with van der Waals surface area (Å²) in [7, 11) is 0. The van der Waals surface area contributed by atoms with Crippen LogP contribution < -0.4 is 15.0 Å². The molecule has 2 aromatic heterocycles. The minimum atomic E-state index is -4.55. The summed E-state index contributed by atoms with van der Waals surface area (Å²) in [6, 6.07) is 8.05. The molecule has 3 aromatic rings. The third-order valence-corrected chi connectivity index (χ3v) is 7.42. The Kier molecular flexibility index (Phi) is 8.94. The highest BCUT2D eigenvalue weighted by molar-refractivity contribution is 6.04. The van der Waals surface area contributed by atoms with Gasteiger partial charge in [0.1, 0.15) is 11.8 Å². The van der Waals surface area contributed by atoms with E-state index in [0.717, 1.165) is 54.9 Å². The average molecular weight is 580 g/mol. The Hall–Kier alpha value is -4.14. The van der Waals surface area contributed by atoms with E-state index in [9.17, 15) is 18.0 Å². The van der Waals surface area contributed by atoms with Gasteiger partial charge in [0.15, 0.2) is 0 Å². The first-order valence-electron chi connectivity index (χ1n) is 13.8. The Balaban J connectivity index is 1.39. The van der Waals surface area contributed by atoms with Crippen LogP contribution >= 0.6 is 0 Å². The maximum absolute atomic E-state index is 13.1. The van der Waals surface area contributed by atoms with E-state index in [1.54, 1.807) is 12.3 Å². The highest BCUT2D eigenvalue weighted by Gasteiger charge is 2.31. The van der Waals surface area contributed by atoms with Gasteiger partial charge in [-0.1, -0.05) is 12.0 Å². The van der Waals surface area contributed by atoms with Crippen molar-refractivity contribution in [1.82, 2.24) is 14.9 Å². The van der Waals surface area contributed by atoms with Gasteiger partial charge < -0.3 is 19.7 Å². The molecule has 0 aliphatic carbocycles. The molecule has 2 aliphatic heterocycles. The van der Waals surface area contributed by atoms with Gasteiger partial charge in [0, 0.05) is 54.8 Å². The van der Waals surface area contributed by atoms with E-state index in [4.69, 9.17) is 20.9 Å². The number of hydrogen-bond donors (Lipinski definition) is 1. The number of anilines is 2. The number of hydrogen-bond acceptors (Lipinski definition) is 7. The number of halogens is 3. The van der Waals surface area contributed by atoms with Crippen molar-refractivity contribution < 1.29 is 27.4 Å². The van der Waals surface area contributed by atoms with Crippen LogP contribution in [0.5, 0.6) is 5.88 Å². The summed E-state index contributed by atoms with van der Waals surface area (Å²) in [4.78, 5) is 26.4. The molecule has 220 valence electrons. The first kappa shape index (κ1) is 29.4. The van der Waals surface area contributed by atoms with E-state index < -0.39 is 17.6 Å². The number of morpholine rings is 1. The van der Waals surface area contributed by atoms with Crippen molar-refractivity contribution in [2.75, 3.05) is 56.2 Å². The van der Waals surface area contributed by atoms with Crippen LogP contribution in [-0.4, -0.2) is 72.8 Å². The highest BCUT2D eigenvalue weighted by atomic mass is 19.4. The van der Waals surface area contributed by atoms with E-state index >= 15 is 0 Å². The molecular weight excluding hydrogens is 547 g/mol. The normalized spacial score (nSPS) is 16.6. The van der Waals surface area contributed by atoms with Crippen LogP contribution in [0.15, 0.2) is 48.8 Å². The van der Waals surface area contributed by atoms with Crippen molar-refractivity contribution in [2.45, 2.75) is 32.0 Å². The molecule has 4 heterocycles. The number of alkyl halides is 3. The summed E-state index contributed by atoms with van der Waals surface area (Å²) in [5, 5.41) is 2.67. The number of rotatable bonds is 7. The Morgan fingerprint density at radius 2 is 1.88 bits per heavy atom. The summed E-state index contributed by atoms with van der Waals surface area (Å²) in [5.41, 5.74) is 2.41. The van der Waals surface area contributed by atoms with Crippen molar-refractivity contribution in [3.05, 3.63) is 65.6 Å². The molecule has 1 aromatic carbocycles. The second-order valence-electron chi connectivity index (χ2n) is 10.3. The predicted octanol–water partition coefficient (Wildman–Crippen LogP) is 5.04. The predicted molar refractivity (Wildman–Crippen MR) is 154 cm³/mol. The molecule has 2 fully saturated rings. The smallest absolute Gasteiger partial charge is 0.416 e. The highest BCUT2D eigenvalue weighted by Crippen LogP contribution is 2.35. The number of amides is 1. The fourth-order valence-electron chi connectivity index (χ4n) is 5.12. The molecule has 2 saturated heterocycles. The average Bonchev–Trinajstić information content (AvgIpc) is 2.99. The molecule has 0 unspecified atom stereocenters. The summed E-state index contributed by atoms with van der Waals surface area (Å²) in [5.74, 6) is 2.58. The van der Waals surface area contributed by atoms with Gasteiger partial charge in [-0.25, -0.2) is 4.98 Å². The number of carbonyl (C=O) groups is 1. The molecule has 2 aliphatic rings. The van der Waals surface area contributed by atoms with Crippen LogP contribution in [-0.2, 0) is 10.9 Å². The molecule has 1 amide bonds. The van der Waals surface area contributed by atoms with Crippen molar-refractivity contribution >= 4 is 17.3 Å². The number of aromatic nitrogens is 2. The lowest BCUT2D eigenvalue weighted by Crippen LogP contribution is -2.39. The van der Waals surface area contributed by atoms with E-state index in [-0.39, 0.29) is 11.7 Å². The fraction of sp³-hybridized carbons (Fsp3) is 0.387. The second kappa shape index (κ2) is 12.8. The maximum Gasteiger partial charge on any atom is 0.416 e. The van der Waals surface area contributed by atoms with Crippen LogP contribution in [0.3, 0.4) is 0 Å². The minimum Gasteiger partial charge on any atom is -0.473 e. The SMILES string of the molecule is C#CCN1CCC(Oc2ncc(-c3cc(NC(=O)c4cccc(C(F)(F)F)c4)cnc3C)cc2N2CCOCC2)CC1. The zero-order valence-corrected chi connectivity index (χ0v) is 23.3. The molecule has 42 heavy (non-hydrogen) atoms. The zero-order valence-electron chi connectivity index (χ0n) is 23.3. The number of aryl methyl sites for hydroxylation is 1. The van der Waals surface area contributed by atoms with Crippen LogP contribution in [0.2, 0.25) is 0 Å². The number of ether oxygens (including phenoxy) is 2. The molecule has 0 saturated carbocycles. The van der Waals surface area contributed by atoms with Crippen molar-refractivity contribution in [3.63, 3.8) is 0 Å². The van der Waals surface area contributed by atoms with Gasteiger partial charge in [0.25, 0.3) is 5.91 Å². The van der Waals surface area contributed by atoms with Crippen molar-refractivity contribution in [3.8, 4) is 29.4 Å². The summed E-state index contributed by atoms with van der Waals surface area (Å²) < 4.78 is 51.4. The Labute approximate surface area is 242 Å². The quantitative estimate of drug-likeness (QED) is 0.393. The number of piperidine rings is 1. The first-order chi connectivity index (χ1) is 20.2. The van der Waals surface area contributed by atoms with E-state index in [1.807, 2.05) is 13.0 Å². The van der Waals surface area contributed by atoms with Gasteiger partial charge in [-0.05, 0) is 50.1 Å². The summed E-state index contributed by atoms with van der Waals surface area (Å²) >= 11 is 0. The second-order valence-corrected chi connectivity index (χ2v) is 10.3. The Morgan fingerprint density at radius 3 is 2.60 bits per heavy atom. The molecule has 0 radical (unpaired) electrons. The molecular formula is C31H32F3N5O3. The molecule has 11 heteroatoms. The topological polar surface area (TPSA) is 79.8 Å². The number of likely N-dealkylation sites (tertiary alicyclic amines) is 1. The van der Waals surface area contributed by atoms with E-state index in [2.05, 4.69) is 26.0 Å². The number of nitrogens with zero attached hydrogens (tertiary/aromatic N) is 4. The minimum absolute atomic E-state index is 0.0231. The summed E-state index contributed by atoms with van der Waals surface area (Å²) in [6.07, 6.45) is 5.83. The standard InChI is InChI=1S/C31H32F3N5O3/c1-3-9-38-10-7-26(8-11-38)42-30-28(39-12-14-41-15-13-39)17-23(19-36-30)27-18-25(20-35-21(27)2)37-29(40)22-5-4-6-24(16-22)31(32,33)34/h1,4-6,16-20,26H,7-15H2,2H3,(H,37,40). The lowest BCUT2D eigenvalue weighted by Gasteiger charge is -2.33. The summed E-state index contributed by atoms with van der Waals surface area (Å²) in [6.45, 7) is 6.76. The van der Waals surface area contributed by atoms with Crippen LogP contribution in [0.1, 0.15) is 34.5 Å². The third kappa shape index (κ3) is 7.01. The Morgan fingerprint density at radius 1 is 1.12 bits per heavy atom. The van der Waals surface area contributed by atoms with Crippen LogP contribution in [0.25, 0.3) is 11.1 Å². The lowest BCUT2D eigenvalue weighted by atomic mass is 10.0. The molecule has 0 bridgehead atoms. The van der Waals surface area contributed by atoms with Gasteiger partial charge in [0.05, 0.1) is 37.2 Å². The molecule has 5 rings (SSSR count). The van der Waals surface area contributed by atoms with E-state index in [1.165, 1.54) is 18.3 Å². The number of pyridine rings is 2. The number of nitrogens with one attached hydrogen (secondary N) is 1. The third-order valence-electron chi connectivity index (χ3n) is 7.42. The number of benzene rings is 1. The Bertz CT molecular complexity index is 1460. The van der Waals surface area contributed by atoms with Crippen molar-refractivity contribution in [2.24, 2.45) is 0 Å². The molecule has 8 nitrogen and oxygen atoms in total. The van der Waals surface area contributed by atoms with Gasteiger partial charge in [-0.3, -0.25) is 14.7 Å². The van der Waals surface area contributed by atoms with E-state index in [0.29, 0.717) is 50.1 Å². The fourth-order valence-corrected chi connectivity index (χ4v) is 5.12. The van der Waals surface area contributed by atoms with Crippen LogP contribution in [0, 0.1) is 19.3 Å². The van der Waals surface area contributed by atoms with Gasteiger partial charge >= 0.3 is 6.18 Å².